The van der Waals surface area contributed by atoms with Crippen molar-refractivity contribution in [1.29, 1.82) is 0 Å². The van der Waals surface area contributed by atoms with Crippen molar-refractivity contribution in [1.82, 2.24) is 4.90 Å². The second-order valence-corrected chi connectivity index (χ2v) is 4.86. The number of carbonyl (C=O) groups is 2. The van der Waals surface area contributed by atoms with Gasteiger partial charge in [0.1, 0.15) is 6.04 Å². The van der Waals surface area contributed by atoms with Crippen LogP contribution in [0.25, 0.3) is 0 Å². The number of carboxylic acids is 1. The fraction of sp³-hybridized carbons (Fsp3) is 0.385. The van der Waals surface area contributed by atoms with Crippen LogP contribution in [-0.4, -0.2) is 34.6 Å². The summed E-state index contributed by atoms with van der Waals surface area (Å²) in [5.74, 6) is -0.964. The van der Waals surface area contributed by atoms with Crippen molar-refractivity contribution in [3.8, 4) is 0 Å². The number of nitrogens with one attached hydrogen (secondary N) is 1. The second kappa shape index (κ2) is 5.93. The lowest BCUT2D eigenvalue weighted by molar-refractivity contribution is -0.143. The highest BCUT2D eigenvalue weighted by atomic mass is 35.5. The molecule has 6 heteroatoms. The zero-order valence-electron chi connectivity index (χ0n) is 10.3. The van der Waals surface area contributed by atoms with Gasteiger partial charge in [0.05, 0.1) is 10.7 Å². The van der Waals surface area contributed by atoms with Crippen LogP contribution in [-0.2, 0) is 4.79 Å². The summed E-state index contributed by atoms with van der Waals surface area (Å²) in [6.07, 6.45) is 2.14. The Morgan fingerprint density at radius 2 is 2.05 bits per heavy atom. The molecule has 5 nitrogen and oxygen atoms in total. The first-order valence-electron chi connectivity index (χ1n) is 6.14. The zero-order valence-corrected chi connectivity index (χ0v) is 11.1. The number of carbonyl (C=O) groups excluding carboxylic acids is 1. The Balaban J connectivity index is 2.10. The molecule has 1 aliphatic heterocycles. The molecule has 2 rings (SSSR count). The van der Waals surface area contributed by atoms with Gasteiger partial charge in [0.15, 0.2) is 0 Å². The SMILES string of the molecule is O=C(O)[C@@H]1CCCCN1C(=O)Nc1ccccc1Cl. The maximum Gasteiger partial charge on any atom is 0.326 e. The van der Waals surface area contributed by atoms with Gasteiger partial charge in [0.2, 0.25) is 0 Å². The highest BCUT2D eigenvalue weighted by Gasteiger charge is 2.32. The lowest BCUT2D eigenvalue weighted by Gasteiger charge is -2.32. The summed E-state index contributed by atoms with van der Waals surface area (Å²) in [7, 11) is 0. The standard InChI is InChI=1S/C13H15ClN2O3/c14-9-5-1-2-6-10(9)15-13(19)16-8-4-3-7-11(16)12(17)18/h1-2,5-6,11H,3-4,7-8H2,(H,15,19)(H,17,18)/t11-/m0/s1. The molecular formula is C13H15ClN2O3. The first-order chi connectivity index (χ1) is 9.09. The van der Waals surface area contributed by atoms with E-state index in [4.69, 9.17) is 16.7 Å². The molecule has 1 atom stereocenters. The summed E-state index contributed by atoms with van der Waals surface area (Å²) in [4.78, 5) is 24.6. The molecule has 1 aliphatic rings. The Morgan fingerprint density at radius 3 is 2.74 bits per heavy atom. The van der Waals surface area contributed by atoms with Crippen LogP contribution in [0.4, 0.5) is 10.5 Å². The molecular weight excluding hydrogens is 268 g/mol. The monoisotopic (exact) mass is 282 g/mol. The average molecular weight is 283 g/mol. The fourth-order valence-corrected chi connectivity index (χ4v) is 2.36. The number of aliphatic carboxylic acids is 1. The van der Waals surface area contributed by atoms with Crippen LogP contribution < -0.4 is 5.32 Å². The number of halogens is 1. The molecule has 0 spiro atoms. The molecule has 1 aromatic rings. The van der Waals surface area contributed by atoms with Gasteiger partial charge in [-0.25, -0.2) is 9.59 Å². The molecule has 1 aromatic carbocycles. The van der Waals surface area contributed by atoms with Crippen LogP contribution in [0, 0.1) is 0 Å². The Hall–Kier alpha value is -1.75. The topological polar surface area (TPSA) is 69.6 Å². The third kappa shape index (κ3) is 3.17. The molecule has 0 aliphatic carbocycles. The summed E-state index contributed by atoms with van der Waals surface area (Å²) in [5.41, 5.74) is 0.490. The molecule has 102 valence electrons. The molecule has 2 N–H and O–H groups in total. The van der Waals surface area contributed by atoms with Crippen LogP contribution in [0.1, 0.15) is 19.3 Å². The minimum atomic E-state index is -0.964. The minimum Gasteiger partial charge on any atom is -0.480 e. The Morgan fingerprint density at radius 1 is 1.32 bits per heavy atom. The van der Waals surface area contributed by atoms with E-state index < -0.39 is 18.0 Å². The average Bonchev–Trinajstić information content (AvgIpc) is 2.41. The molecule has 2 amide bonds. The second-order valence-electron chi connectivity index (χ2n) is 4.45. The largest absolute Gasteiger partial charge is 0.480 e. The molecule has 0 aromatic heterocycles. The number of anilines is 1. The van der Waals surface area contributed by atoms with Crippen molar-refractivity contribution >= 4 is 29.3 Å². The van der Waals surface area contributed by atoms with E-state index in [0.717, 1.165) is 12.8 Å². The number of piperidine rings is 1. The van der Waals surface area contributed by atoms with Crippen LogP contribution in [0.2, 0.25) is 5.02 Å². The Labute approximate surface area is 116 Å². The zero-order chi connectivity index (χ0) is 13.8. The maximum absolute atomic E-state index is 12.1. The normalized spacial score (nSPS) is 19.0. The number of hydrogen-bond donors (Lipinski definition) is 2. The number of likely N-dealkylation sites (tertiary alicyclic amines) is 1. The van der Waals surface area contributed by atoms with Crippen LogP contribution in [0.5, 0.6) is 0 Å². The minimum absolute atomic E-state index is 0.416. The molecule has 1 saturated heterocycles. The van der Waals surface area contributed by atoms with E-state index in [2.05, 4.69) is 5.32 Å². The number of benzene rings is 1. The van der Waals surface area contributed by atoms with E-state index in [1.54, 1.807) is 24.3 Å². The summed E-state index contributed by atoms with van der Waals surface area (Å²) >= 11 is 5.96. The van der Waals surface area contributed by atoms with E-state index in [9.17, 15) is 9.59 Å². The van der Waals surface area contributed by atoms with Gasteiger partial charge in [-0.15, -0.1) is 0 Å². The third-order valence-electron chi connectivity index (χ3n) is 3.16. The van der Waals surface area contributed by atoms with Crippen molar-refractivity contribution in [3.05, 3.63) is 29.3 Å². The number of rotatable bonds is 2. The van der Waals surface area contributed by atoms with Crippen molar-refractivity contribution in [2.75, 3.05) is 11.9 Å². The van der Waals surface area contributed by atoms with Crippen LogP contribution >= 0.6 is 11.6 Å². The molecule has 0 saturated carbocycles. The summed E-state index contributed by atoms with van der Waals surface area (Å²) < 4.78 is 0. The smallest absolute Gasteiger partial charge is 0.326 e. The molecule has 19 heavy (non-hydrogen) atoms. The maximum atomic E-state index is 12.1. The predicted octanol–water partition coefficient (Wildman–Crippen LogP) is 2.81. The summed E-state index contributed by atoms with van der Waals surface area (Å²) in [6, 6.07) is 5.70. The van der Waals surface area contributed by atoms with Crippen molar-refractivity contribution in [3.63, 3.8) is 0 Å². The van der Waals surface area contributed by atoms with Crippen LogP contribution in [0.15, 0.2) is 24.3 Å². The van der Waals surface area contributed by atoms with E-state index >= 15 is 0 Å². The molecule has 0 unspecified atom stereocenters. The third-order valence-corrected chi connectivity index (χ3v) is 3.49. The number of urea groups is 1. The lowest BCUT2D eigenvalue weighted by atomic mass is 10.0. The van der Waals surface area contributed by atoms with E-state index in [1.165, 1.54) is 4.90 Å². The lowest BCUT2D eigenvalue weighted by Crippen LogP contribution is -2.49. The van der Waals surface area contributed by atoms with Crippen LogP contribution in [0.3, 0.4) is 0 Å². The quantitative estimate of drug-likeness (QED) is 0.876. The van der Waals surface area contributed by atoms with Crippen molar-refractivity contribution in [2.24, 2.45) is 0 Å². The fourth-order valence-electron chi connectivity index (χ4n) is 2.18. The number of para-hydroxylation sites is 1. The van der Waals surface area contributed by atoms with Gasteiger partial charge in [0.25, 0.3) is 0 Å². The van der Waals surface area contributed by atoms with Crippen molar-refractivity contribution in [2.45, 2.75) is 25.3 Å². The molecule has 1 fully saturated rings. The van der Waals surface area contributed by atoms with E-state index in [-0.39, 0.29) is 0 Å². The highest BCUT2D eigenvalue weighted by Crippen LogP contribution is 2.23. The highest BCUT2D eigenvalue weighted by molar-refractivity contribution is 6.33. The Bertz CT molecular complexity index is 493. The van der Waals surface area contributed by atoms with Gasteiger partial charge in [0, 0.05) is 6.54 Å². The number of nitrogens with zero attached hydrogens (tertiary/aromatic N) is 1. The first-order valence-corrected chi connectivity index (χ1v) is 6.52. The first kappa shape index (κ1) is 13.7. The summed E-state index contributed by atoms with van der Waals surface area (Å²) in [5, 5.41) is 12.2. The molecule has 1 heterocycles. The van der Waals surface area contributed by atoms with E-state index in [0.29, 0.717) is 23.7 Å². The number of hydrogen-bond acceptors (Lipinski definition) is 2. The summed E-state index contributed by atoms with van der Waals surface area (Å²) in [6.45, 7) is 0.452. The number of carboxylic acid groups (broad SMARTS) is 1. The van der Waals surface area contributed by atoms with Gasteiger partial charge in [-0.2, -0.15) is 0 Å². The number of amides is 2. The molecule has 0 bridgehead atoms. The van der Waals surface area contributed by atoms with Gasteiger partial charge in [-0.3, -0.25) is 0 Å². The van der Waals surface area contributed by atoms with Gasteiger partial charge in [-0.05, 0) is 31.4 Å². The Kier molecular flexibility index (Phi) is 4.27. The molecule has 0 radical (unpaired) electrons. The van der Waals surface area contributed by atoms with Crippen molar-refractivity contribution < 1.29 is 14.7 Å². The van der Waals surface area contributed by atoms with Gasteiger partial charge >= 0.3 is 12.0 Å². The van der Waals surface area contributed by atoms with E-state index in [1.807, 2.05) is 0 Å². The van der Waals surface area contributed by atoms with Gasteiger partial charge < -0.3 is 15.3 Å². The van der Waals surface area contributed by atoms with Gasteiger partial charge in [-0.1, -0.05) is 23.7 Å². The predicted molar refractivity (Wildman–Crippen MR) is 72.5 cm³/mol.